The molecular formula is C25H24F2N2O3S. The molecule has 1 atom stereocenters. The highest BCUT2D eigenvalue weighted by Gasteiger charge is 2.31. The van der Waals surface area contributed by atoms with Crippen molar-refractivity contribution < 1.29 is 18.3 Å². The molecule has 0 radical (unpaired) electrons. The molecule has 1 aliphatic rings. The van der Waals surface area contributed by atoms with Gasteiger partial charge in [0.25, 0.3) is 5.91 Å². The maximum Gasteiger partial charge on any atom is 0.259 e. The van der Waals surface area contributed by atoms with Gasteiger partial charge in [0.2, 0.25) is 0 Å². The summed E-state index contributed by atoms with van der Waals surface area (Å²) in [6.07, 6.45) is 0.220. The minimum Gasteiger partial charge on any atom is -0.383 e. The summed E-state index contributed by atoms with van der Waals surface area (Å²) in [5, 5.41) is -0.461. The summed E-state index contributed by atoms with van der Waals surface area (Å²) in [7, 11) is 3.16. The molecule has 1 amide bonds. The summed E-state index contributed by atoms with van der Waals surface area (Å²) in [5.41, 5.74) is 2.01. The van der Waals surface area contributed by atoms with Crippen LogP contribution in [0.1, 0.15) is 32.6 Å². The zero-order valence-corrected chi connectivity index (χ0v) is 19.4. The molecule has 33 heavy (non-hydrogen) atoms. The number of hydrogen-bond donors (Lipinski definition) is 0. The number of pyridine rings is 1. The molecule has 4 rings (SSSR count). The number of para-hydroxylation sites is 1. The Bertz CT molecular complexity index is 1270. The number of amides is 1. The second kappa shape index (κ2) is 9.49. The van der Waals surface area contributed by atoms with Gasteiger partial charge in [-0.25, -0.2) is 8.78 Å². The van der Waals surface area contributed by atoms with E-state index in [1.165, 1.54) is 34.9 Å². The number of aryl methyl sites for hydroxylation is 1. The Kier molecular flexibility index (Phi) is 6.67. The zero-order valence-electron chi connectivity index (χ0n) is 18.6. The molecule has 2 heterocycles. The van der Waals surface area contributed by atoms with Crippen LogP contribution in [0.3, 0.4) is 0 Å². The van der Waals surface area contributed by atoms with E-state index in [2.05, 4.69) is 0 Å². The van der Waals surface area contributed by atoms with E-state index in [-0.39, 0.29) is 17.4 Å². The Morgan fingerprint density at radius 3 is 2.70 bits per heavy atom. The van der Waals surface area contributed by atoms with Gasteiger partial charge >= 0.3 is 0 Å². The van der Waals surface area contributed by atoms with Crippen LogP contribution in [0.5, 0.6) is 0 Å². The average molecular weight is 471 g/mol. The highest BCUT2D eigenvalue weighted by molar-refractivity contribution is 7.99. The van der Waals surface area contributed by atoms with Gasteiger partial charge in [-0.2, -0.15) is 0 Å². The fourth-order valence-corrected chi connectivity index (χ4v) is 5.42. The Balaban J connectivity index is 1.94. The third-order valence-electron chi connectivity index (χ3n) is 5.75. The Hall–Kier alpha value is -2.97. The van der Waals surface area contributed by atoms with Crippen LogP contribution in [-0.2, 0) is 11.2 Å². The van der Waals surface area contributed by atoms with Crippen molar-refractivity contribution in [2.45, 2.75) is 23.5 Å². The van der Waals surface area contributed by atoms with E-state index in [0.717, 1.165) is 16.6 Å². The number of benzene rings is 2. The lowest BCUT2D eigenvalue weighted by Gasteiger charge is -2.23. The van der Waals surface area contributed by atoms with E-state index >= 15 is 0 Å². The Morgan fingerprint density at radius 2 is 1.97 bits per heavy atom. The molecule has 0 aliphatic carbocycles. The van der Waals surface area contributed by atoms with Gasteiger partial charge in [-0.05, 0) is 25.1 Å². The van der Waals surface area contributed by atoms with E-state index in [1.54, 1.807) is 14.2 Å². The first kappa shape index (κ1) is 23.2. The van der Waals surface area contributed by atoms with Crippen LogP contribution in [-0.4, -0.2) is 42.7 Å². The second-order valence-electron chi connectivity index (χ2n) is 7.97. The largest absolute Gasteiger partial charge is 0.383 e. The number of rotatable bonds is 5. The fourth-order valence-electron chi connectivity index (χ4n) is 4.12. The van der Waals surface area contributed by atoms with Gasteiger partial charge in [0.15, 0.2) is 5.43 Å². The van der Waals surface area contributed by atoms with Crippen LogP contribution in [0, 0.1) is 18.6 Å². The number of carbonyl (C=O) groups is 1. The Labute approximate surface area is 195 Å². The number of ether oxygens (including phenoxy) is 1. The molecule has 3 aromatic rings. The van der Waals surface area contributed by atoms with Crippen molar-refractivity contribution in [2.75, 3.05) is 27.3 Å². The maximum absolute atomic E-state index is 14.8. The number of thioether (sulfide) groups is 1. The minimum absolute atomic E-state index is 0.0593. The summed E-state index contributed by atoms with van der Waals surface area (Å²) < 4.78 is 35.4. The van der Waals surface area contributed by atoms with Crippen molar-refractivity contribution >= 4 is 17.7 Å². The van der Waals surface area contributed by atoms with Crippen LogP contribution in [0.25, 0.3) is 5.69 Å². The molecule has 8 heteroatoms. The Morgan fingerprint density at radius 1 is 1.21 bits per heavy atom. The third-order valence-corrected chi connectivity index (χ3v) is 7.06. The molecule has 1 aliphatic heterocycles. The van der Waals surface area contributed by atoms with Gasteiger partial charge < -0.3 is 14.2 Å². The van der Waals surface area contributed by atoms with Crippen LogP contribution in [0.2, 0.25) is 0 Å². The smallest absolute Gasteiger partial charge is 0.259 e. The number of hydrogen-bond acceptors (Lipinski definition) is 4. The van der Waals surface area contributed by atoms with Gasteiger partial charge in [0.05, 0.1) is 12.3 Å². The minimum atomic E-state index is -0.654. The van der Waals surface area contributed by atoms with Crippen molar-refractivity contribution in [1.29, 1.82) is 0 Å². The lowest BCUT2D eigenvalue weighted by molar-refractivity contribution is 0.0741. The SMILES string of the molecule is COCCN(C)C(=O)c1c2n(c(C)cc1=O)-c1ccccc1SC(c1ccc(F)cc1F)C2. The molecule has 1 unspecified atom stereocenters. The predicted molar refractivity (Wildman–Crippen MR) is 124 cm³/mol. The van der Waals surface area contributed by atoms with Crippen LogP contribution < -0.4 is 5.43 Å². The topological polar surface area (TPSA) is 51.5 Å². The fraction of sp³-hybridized carbons (Fsp3) is 0.280. The van der Waals surface area contributed by atoms with E-state index in [0.29, 0.717) is 30.1 Å². The van der Waals surface area contributed by atoms with E-state index in [9.17, 15) is 18.4 Å². The summed E-state index contributed by atoms with van der Waals surface area (Å²) in [6, 6.07) is 12.6. The summed E-state index contributed by atoms with van der Waals surface area (Å²) in [4.78, 5) is 28.8. The number of carbonyl (C=O) groups excluding carboxylic acids is 1. The molecule has 0 N–H and O–H groups in total. The number of aromatic nitrogens is 1. The summed E-state index contributed by atoms with van der Waals surface area (Å²) in [5.74, 6) is -1.72. The molecule has 2 aromatic carbocycles. The summed E-state index contributed by atoms with van der Waals surface area (Å²) in [6.45, 7) is 2.47. The first-order valence-electron chi connectivity index (χ1n) is 10.5. The lowest BCUT2D eigenvalue weighted by Crippen LogP contribution is -2.36. The zero-order chi connectivity index (χ0) is 23.7. The lowest BCUT2D eigenvalue weighted by atomic mass is 10.0. The van der Waals surface area contributed by atoms with Crippen LogP contribution in [0.15, 0.2) is 58.2 Å². The third kappa shape index (κ3) is 4.45. The number of nitrogens with zero attached hydrogens (tertiary/aromatic N) is 2. The van der Waals surface area contributed by atoms with E-state index in [4.69, 9.17) is 4.74 Å². The highest BCUT2D eigenvalue weighted by Crippen LogP contribution is 2.45. The number of fused-ring (bicyclic) bond motifs is 3. The predicted octanol–water partition coefficient (Wildman–Crippen LogP) is 4.53. The number of halogens is 2. The van der Waals surface area contributed by atoms with Gasteiger partial charge in [-0.3, -0.25) is 9.59 Å². The number of likely N-dealkylation sites (N-methyl/N-ethyl adjacent to an activating group) is 1. The molecule has 0 saturated heterocycles. The van der Waals surface area contributed by atoms with Gasteiger partial charge in [0.1, 0.15) is 17.2 Å². The summed E-state index contributed by atoms with van der Waals surface area (Å²) >= 11 is 1.43. The van der Waals surface area contributed by atoms with E-state index < -0.39 is 22.8 Å². The normalized spacial score (nSPS) is 14.9. The molecule has 172 valence electrons. The van der Waals surface area contributed by atoms with E-state index in [1.807, 2.05) is 35.8 Å². The quantitative estimate of drug-likeness (QED) is 0.550. The van der Waals surface area contributed by atoms with Crippen molar-refractivity contribution in [3.05, 3.63) is 92.9 Å². The van der Waals surface area contributed by atoms with Crippen molar-refractivity contribution in [3.8, 4) is 5.69 Å². The molecule has 1 aromatic heterocycles. The van der Waals surface area contributed by atoms with Crippen molar-refractivity contribution in [3.63, 3.8) is 0 Å². The maximum atomic E-state index is 14.8. The first-order chi connectivity index (χ1) is 15.8. The highest BCUT2D eigenvalue weighted by atomic mass is 32.2. The molecule has 5 nitrogen and oxygen atoms in total. The first-order valence-corrected chi connectivity index (χ1v) is 11.4. The standard InChI is InChI=1S/C25H24F2N2O3S/c1-15-12-21(30)24(25(31)28(2)10-11-32-3)20-14-23(17-9-8-16(26)13-18(17)27)33-22-7-5-4-6-19(22)29(15)20/h4-9,12-13,23H,10-11,14H2,1-3H3. The van der Waals surface area contributed by atoms with Gasteiger partial charge in [-0.15, -0.1) is 11.8 Å². The van der Waals surface area contributed by atoms with Crippen LogP contribution >= 0.6 is 11.8 Å². The molecule has 0 bridgehead atoms. The van der Waals surface area contributed by atoms with Gasteiger partial charge in [0, 0.05) is 66.4 Å². The molecule has 0 spiro atoms. The second-order valence-corrected chi connectivity index (χ2v) is 9.22. The molecular weight excluding hydrogens is 446 g/mol. The average Bonchev–Trinajstić information content (AvgIpc) is 2.94. The van der Waals surface area contributed by atoms with Crippen LogP contribution in [0.4, 0.5) is 8.78 Å². The van der Waals surface area contributed by atoms with Gasteiger partial charge in [-0.1, -0.05) is 18.2 Å². The molecule has 0 fully saturated rings. The number of methoxy groups -OCH3 is 1. The molecule has 0 saturated carbocycles. The monoisotopic (exact) mass is 470 g/mol. The van der Waals surface area contributed by atoms with Crippen molar-refractivity contribution in [2.24, 2.45) is 0 Å². The van der Waals surface area contributed by atoms with Crippen molar-refractivity contribution in [1.82, 2.24) is 9.47 Å².